The first-order valence-corrected chi connectivity index (χ1v) is 7.25. The lowest BCUT2D eigenvalue weighted by atomic mass is 9.97. The molecule has 0 aromatic heterocycles. The Morgan fingerprint density at radius 2 is 1.81 bits per heavy atom. The van der Waals surface area contributed by atoms with Gasteiger partial charge >= 0.3 is 0 Å². The van der Waals surface area contributed by atoms with E-state index < -0.39 is 0 Å². The zero-order chi connectivity index (χ0) is 11.0. The van der Waals surface area contributed by atoms with Crippen molar-refractivity contribution in [3.05, 3.63) is 0 Å². The van der Waals surface area contributed by atoms with Gasteiger partial charge < -0.3 is 10.2 Å². The van der Waals surface area contributed by atoms with Gasteiger partial charge in [-0.2, -0.15) is 0 Å². The van der Waals surface area contributed by atoms with Crippen LogP contribution in [0.25, 0.3) is 0 Å². The van der Waals surface area contributed by atoms with Gasteiger partial charge in [0, 0.05) is 12.6 Å². The number of piperidine rings is 1. The summed E-state index contributed by atoms with van der Waals surface area (Å²) in [6, 6.07) is 0.946. The average Bonchev–Trinajstić information content (AvgIpc) is 3.13. The molecule has 2 aliphatic carbocycles. The molecule has 1 N–H and O–H groups in total. The predicted octanol–water partition coefficient (Wildman–Crippen LogP) is 2.11. The van der Waals surface area contributed by atoms with Gasteiger partial charge in [-0.15, -0.1) is 0 Å². The highest BCUT2D eigenvalue weighted by molar-refractivity contribution is 4.97. The summed E-state index contributed by atoms with van der Waals surface area (Å²) in [5.74, 6) is 3.04. The van der Waals surface area contributed by atoms with Crippen molar-refractivity contribution in [1.82, 2.24) is 10.2 Å². The van der Waals surface area contributed by atoms with Crippen molar-refractivity contribution in [2.24, 2.45) is 17.8 Å². The molecule has 1 unspecified atom stereocenters. The van der Waals surface area contributed by atoms with E-state index in [0.717, 1.165) is 23.8 Å². The molecule has 0 amide bonds. The van der Waals surface area contributed by atoms with Crippen LogP contribution in [0.3, 0.4) is 0 Å². The second kappa shape index (κ2) is 4.66. The lowest BCUT2D eigenvalue weighted by Crippen LogP contribution is -2.42. The molecule has 3 fully saturated rings. The highest BCUT2D eigenvalue weighted by Crippen LogP contribution is 2.46. The highest BCUT2D eigenvalue weighted by Gasteiger charge is 2.43. The van der Waals surface area contributed by atoms with E-state index >= 15 is 0 Å². The predicted molar refractivity (Wildman–Crippen MR) is 67.5 cm³/mol. The van der Waals surface area contributed by atoms with Gasteiger partial charge in [0.1, 0.15) is 0 Å². The van der Waals surface area contributed by atoms with Crippen LogP contribution < -0.4 is 5.32 Å². The number of hydrogen-bond acceptors (Lipinski definition) is 2. The molecule has 92 valence electrons. The van der Waals surface area contributed by atoms with E-state index in [9.17, 15) is 0 Å². The van der Waals surface area contributed by atoms with Gasteiger partial charge in [0.05, 0.1) is 0 Å². The summed E-state index contributed by atoms with van der Waals surface area (Å²) in [5.41, 5.74) is 0. The maximum absolute atomic E-state index is 3.54. The largest absolute Gasteiger partial charge is 0.316 e. The van der Waals surface area contributed by atoms with Gasteiger partial charge in [-0.25, -0.2) is 0 Å². The van der Waals surface area contributed by atoms with Crippen molar-refractivity contribution >= 4 is 0 Å². The van der Waals surface area contributed by atoms with Crippen molar-refractivity contribution in [3.8, 4) is 0 Å². The topological polar surface area (TPSA) is 15.3 Å². The molecule has 3 aliphatic rings. The number of nitrogens with zero attached hydrogens (tertiary/aromatic N) is 1. The fraction of sp³-hybridized carbons (Fsp3) is 1.00. The first-order valence-electron chi connectivity index (χ1n) is 7.25. The van der Waals surface area contributed by atoms with E-state index in [4.69, 9.17) is 0 Å². The second-order valence-corrected chi connectivity index (χ2v) is 6.32. The van der Waals surface area contributed by atoms with E-state index in [-0.39, 0.29) is 0 Å². The molecule has 0 radical (unpaired) electrons. The normalized spacial score (nSPS) is 31.3. The molecule has 3 rings (SSSR count). The fourth-order valence-electron chi connectivity index (χ4n) is 3.59. The molecule has 2 saturated carbocycles. The Labute approximate surface area is 99.8 Å². The Morgan fingerprint density at radius 3 is 2.31 bits per heavy atom. The van der Waals surface area contributed by atoms with Gasteiger partial charge in [-0.1, -0.05) is 0 Å². The zero-order valence-corrected chi connectivity index (χ0v) is 10.6. The van der Waals surface area contributed by atoms with Crippen LogP contribution in [0, 0.1) is 17.8 Å². The first kappa shape index (κ1) is 11.0. The van der Waals surface area contributed by atoms with Crippen LogP contribution in [0.4, 0.5) is 0 Å². The van der Waals surface area contributed by atoms with Gasteiger partial charge in [0.15, 0.2) is 0 Å². The summed E-state index contributed by atoms with van der Waals surface area (Å²) < 4.78 is 0. The van der Waals surface area contributed by atoms with Crippen molar-refractivity contribution in [3.63, 3.8) is 0 Å². The lowest BCUT2D eigenvalue weighted by Gasteiger charge is -2.33. The molecule has 1 saturated heterocycles. The van der Waals surface area contributed by atoms with Crippen LogP contribution in [-0.2, 0) is 0 Å². The van der Waals surface area contributed by atoms with Crippen LogP contribution in [0.2, 0.25) is 0 Å². The summed E-state index contributed by atoms with van der Waals surface area (Å²) in [7, 11) is 2.38. The minimum Gasteiger partial charge on any atom is -0.316 e. The maximum atomic E-state index is 3.54. The molecule has 0 spiro atoms. The summed E-state index contributed by atoms with van der Waals surface area (Å²) >= 11 is 0. The summed E-state index contributed by atoms with van der Waals surface area (Å²) in [6.07, 6.45) is 8.86. The van der Waals surface area contributed by atoms with E-state index in [1.165, 1.54) is 58.2 Å². The van der Waals surface area contributed by atoms with Crippen molar-refractivity contribution in [2.45, 2.75) is 44.6 Å². The van der Waals surface area contributed by atoms with E-state index in [2.05, 4.69) is 17.3 Å². The molecule has 0 aromatic carbocycles. The van der Waals surface area contributed by atoms with E-state index in [1.807, 2.05) is 0 Å². The molecule has 1 atom stereocenters. The summed E-state index contributed by atoms with van der Waals surface area (Å²) in [4.78, 5) is 2.72. The molecular weight excluding hydrogens is 196 g/mol. The molecule has 0 bridgehead atoms. The molecule has 1 aliphatic heterocycles. The Kier molecular flexibility index (Phi) is 3.21. The number of hydrogen-bond donors (Lipinski definition) is 1. The first-order chi connectivity index (χ1) is 7.84. The quantitative estimate of drug-likeness (QED) is 0.766. The molecule has 2 heteroatoms. The van der Waals surface area contributed by atoms with Gasteiger partial charge in [-0.05, 0) is 76.4 Å². The minimum absolute atomic E-state index is 0.916. The smallest absolute Gasteiger partial charge is 0.0149 e. The van der Waals surface area contributed by atoms with Crippen molar-refractivity contribution in [2.75, 3.05) is 26.7 Å². The minimum atomic E-state index is 0.916. The SMILES string of the molecule is CN(CC1CCCNC1)C(C1CC1)C1CC1. The van der Waals surface area contributed by atoms with Gasteiger partial charge in [0.25, 0.3) is 0 Å². The van der Waals surface area contributed by atoms with Crippen LogP contribution in [0.15, 0.2) is 0 Å². The Hall–Kier alpha value is -0.0800. The van der Waals surface area contributed by atoms with Crippen LogP contribution in [0.5, 0.6) is 0 Å². The number of rotatable bonds is 5. The highest BCUT2D eigenvalue weighted by atomic mass is 15.2. The van der Waals surface area contributed by atoms with Crippen molar-refractivity contribution in [1.29, 1.82) is 0 Å². The van der Waals surface area contributed by atoms with Gasteiger partial charge in [0.2, 0.25) is 0 Å². The van der Waals surface area contributed by atoms with Crippen LogP contribution in [0.1, 0.15) is 38.5 Å². The summed E-state index contributed by atoms with van der Waals surface area (Å²) in [5, 5.41) is 3.54. The second-order valence-electron chi connectivity index (χ2n) is 6.32. The zero-order valence-electron chi connectivity index (χ0n) is 10.6. The summed E-state index contributed by atoms with van der Waals surface area (Å²) in [6.45, 7) is 3.84. The maximum Gasteiger partial charge on any atom is 0.0149 e. The molecule has 2 nitrogen and oxygen atoms in total. The molecule has 0 aromatic rings. The molecule has 16 heavy (non-hydrogen) atoms. The van der Waals surface area contributed by atoms with E-state index in [0.29, 0.717) is 0 Å². The number of nitrogens with one attached hydrogen (secondary N) is 1. The monoisotopic (exact) mass is 222 g/mol. The third-order valence-electron chi connectivity index (χ3n) is 4.66. The van der Waals surface area contributed by atoms with Crippen molar-refractivity contribution < 1.29 is 0 Å². The molecular formula is C14H26N2. The third kappa shape index (κ3) is 2.60. The van der Waals surface area contributed by atoms with Gasteiger partial charge in [-0.3, -0.25) is 0 Å². The Bertz CT molecular complexity index is 215. The molecule has 1 heterocycles. The fourth-order valence-corrected chi connectivity index (χ4v) is 3.59. The Morgan fingerprint density at radius 1 is 1.12 bits per heavy atom. The van der Waals surface area contributed by atoms with Crippen LogP contribution >= 0.6 is 0 Å². The van der Waals surface area contributed by atoms with E-state index in [1.54, 1.807) is 0 Å². The third-order valence-corrected chi connectivity index (χ3v) is 4.66. The standard InChI is InChI=1S/C14H26N2/c1-16(10-11-3-2-8-15-9-11)14(12-4-5-12)13-6-7-13/h11-15H,2-10H2,1H3. The van der Waals surface area contributed by atoms with Crippen LogP contribution in [-0.4, -0.2) is 37.6 Å². The lowest BCUT2D eigenvalue weighted by molar-refractivity contribution is 0.155. The average molecular weight is 222 g/mol. The Balaban J connectivity index is 1.51.